The molecular formula is C26H45NO5. The predicted molar refractivity (Wildman–Crippen MR) is 126 cm³/mol. The van der Waals surface area contributed by atoms with E-state index in [9.17, 15) is 9.59 Å². The SMILES string of the molecule is CC[C@H]1OC(=O)[C@H](C)[C@@H](OC2OC(C)CC(N(C)C)C2C)[C@@H](C)C[C@@H](C)C(=O)/C=C/[C@H]1C. The number of ether oxygens (including phenoxy) is 3. The number of carbonyl (C=O) groups is 2. The summed E-state index contributed by atoms with van der Waals surface area (Å²) in [4.78, 5) is 28.1. The molecule has 1 fully saturated rings. The number of hydrogen-bond acceptors (Lipinski definition) is 6. The molecule has 2 aliphatic heterocycles. The van der Waals surface area contributed by atoms with Gasteiger partial charge in [-0.25, -0.2) is 0 Å². The van der Waals surface area contributed by atoms with Gasteiger partial charge in [-0.1, -0.05) is 40.7 Å². The Morgan fingerprint density at radius 3 is 2.31 bits per heavy atom. The molecule has 6 nitrogen and oxygen atoms in total. The largest absolute Gasteiger partial charge is 0.461 e. The van der Waals surface area contributed by atoms with Crippen LogP contribution in [-0.2, 0) is 23.8 Å². The van der Waals surface area contributed by atoms with E-state index in [-0.39, 0.29) is 47.6 Å². The summed E-state index contributed by atoms with van der Waals surface area (Å²) in [6.07, 6.45) is 4.83. The predicted octanol–water partition coefficient (Wildman–Crippen LogP) is 4.47. The van der Waals surface area contributed by atoms with E-state index < -0.39 is 18.3 Å². The van der Waals surface area contributed by atoms with Gasteiger partial charge in [-0.05, 0) is 59.2 Å². The molecule has 2 heterocycles. The van der Waals surface area contributed by atoms with Gasteiger partial charge in [0, 0.05) is 23.8 Å². The van der Waals surface area contributed by atoms with E-state index in [1.54, 1.807) is 6.08 Å². The molecule has 0 radical (unpaired) electrons. The van der Waals surface area contributed by atoms with Crippen molar-refractivity contribution in [3.63, 3.8) is 0 Å². The first-order valence-corrected chi connectivity index (χ1v) is 12.4. The number of ketones is 1. The summed E-state index contributed by atoms with van der Waals surface area (Å²) in [7, 11) is 4.17. The van der Waals surface area contributed by atoms with Crippen molar-refractivity contribution in [3.8, 4) is 0 Å². The van der Waals surface area contributed by atoms with E-state index in [0.717, 1.165) is 6.42 Å². The van der Waals surface area contributed by atoms with Gasteiger partial charge in [0.05, 0.1) is 18.1 Å². The Morgan fingerprint density at radius 2 is 1.72 bits per heavy atom. The lowest BCUT2D eigenvalue weighted by Crippen LogP contribution is -2.52. The van der Waals surface area contributed by atoms with Crippen LogP contribution in [0, 0.1) is 29.6 Å². The second kappa shape index (κ2) is 11.8. The summed E-state index contributed by atoms with van der Waals surface area (Å²) in [5.74, 6) is -0.596. The van der Waals surface area contributed by atoms with Crippen LogP contribution >= 0.6 is 0 Å². The highest BCUT2D eigenvalue weighted by molar-refractivity contribution is 5.91. The van der Waals surface area contributed by atoms with Crippen LogP contribution in [0.4, 0.5) is 0 Å². The first-order chi connectivity index (χ1) is 15.0. The summed E-state index contributed by atoms with van der Waals surface area (Å²) in [5, 5.41) is 0. The van der Waals surface area contributed by atoms with Crippen LogP contribution in [0.2, 0.25) is 0 Å². The summed E-state index contributed by atoms with van der Waals surface area (Å²) in [5.41, 5.74) is 0. The zero-order valence-corrected chi connectivity index (χ0v) is 21.5. The van der Waals surface area contributed by atoms with Crippen LogP contribution in [0.25, 0.3) is 0 Å². The van der Waals surface area contributed by atoms with Gasteiger partial charge in [0.2, 0.25) is 0 Å². The summed E-state index contributed by atoms with van der Waals surface area (Å²) < 4.78 is 18.7. The van der Waals surface area contributed by atoms with Crippen molar-refractivity contribution < 1.29 is 23.8 Å². The molecule has 0 aromatic rings. The third-order valence-corrected chi connectivity index (χ3v) is 7.39. The maximum atomic E-state index is 13.2. The van der Waals surface area contributed by atoms with Crippen LogP contribution in [-0.4, -0.2) is 61.4 Å². The monoisotopic (exact) mass is 451 g/mol. The maximum absolute atomic E-state index is 13.2. The Morgan fingerprint density at radius 1 is 1.06 bits per heavy atom. The Balaban J connectivity index is 2.32. The van der Waals surface area contributed by atoms with Gasteiger partial charge in [0.15, 0.2) is 12.1 Å². The number of hydrogen-bond donors (Lipinski definition) is 0. The molecule has 0 spiro atoms. The van der Waals surface area contributed by atoms with Crippen LogP contribution in [0.15, 0.2) is 12.2 Å². The first kappa shape index (κ1) is 27.0. The van der Waals surface area contributed by atoms with E-state index in [0.29, 0.717) is 18.9 Å². The molecule has 4 unspecified atom stereocenters. The highest BCUT2D eigenvalue weighted by Gasteiger charge is 2.41. The molecule has 2 aliphatic rings. The van der Waals surface area contributed by atoms with E-state index in [2.05, 4.69) is 39.8 Å². The second-order valence-corrected chi connectivity index (χ2v) is 10.4. The lowest BCUT2D eigenvalue weighted by Gasteiger charge is -2.44. The van der Waals surface area contributed by atoms with Crippen LogP contribution in [0.5, 0.6) is 0 Å². The minimum Gasteiger partial charge on any atom is -0.461 e. The first-order valence-electron chi connectivity index (χ1n) is 12.4. The molecule has 0 aromatic heterocycles. The Kier molecular flexibility index (Phi) is 9.92. The molecule has 32 heavy (non-hydrogen) atoms. The zero-order chi connectivity index (χ0) is 24.2. The van der Waals surface area contributed by atoms with Gasteiger partial charge in [0.1, 0.15) is 6.10 Å². The average molecular weight is 452 g/mol. The highest BCUT2D eigenvalue weighted by Crippen LogP contribution is 2.34. The number of esters is 1. The lowest BCUT2D eigenvalue weighted by molar-refractivity contribution is -0.261. The van der Waals surface area contributed by atoms with Crippen LogP contribution in [0.1, 0.15) is 67.7 Å². The van der Waals surface area contributed by atoms with E-state index in [1.165, 1.54) is 0 Å². The fraction of sp³-hybridized carbons (Fsp3) is 0.846. The lowest BCUT2D eigenvalue weighted by atomic mass is 9.84. The molecule has 184 valence electrons. The van der Waals surface area contributed by atoms with Gasteiger partial charge in [0.25, 0.3) is 0 Å². The molecule has 10 atom stereocenters. The van der Waals surface area contributed by atoms with E-state index >= 15 is 0 Å². The van der Waals surface area contributed by atoms with Crippen molar-refractivity contribution in [1.82, 2.24) is 4.90 Å². The zero-order valence-electron chi connectivity index (χ0n) is 21.5. The number of allylic oxidation sites excluding steroid dienone is 1. The van der Waals surface area contributed by atoms with E-state index in [4.69, 9.17) is 14.2 Å². The van der Waals surface area contributed by atoms with Gasteiger partial charge in [-0.2, -0.15) is 0 Å². The number of cyclic esters (lactones) is 1. The fourth-order valence-electron chi connectivity index (χ4n) is 5.18. The normalized spacial score (nSPS) is 43.3. The topological polar surface area (TPSA) is 65.1 Å². The average Bonchev–Trinajstić information content (AvgIpc) is 2.73. The number of rotatable bonds is 4. The molecule has 0 saturated carbocycles. The molecule has 0 bridgehead atoms. The molecule has 6 heteroatoms. The van der Waals surface area contributed by atoms with Crippen LogP contribution < -0.4 is 0 Å². The number of nitrogens with zero attached hydrogens (tertiary/aromatic N) is 1. The van der Waals surface area contributed by atoms with Crippen molar-refractivity contribution >= 4 is 11.8 Å². The Bertz CT molecular complexity index is 663. The number of carbonyl (C=O) groups excluding carboxylic acids is 2. The smallest absolute Gasteiger partial charge is 0.311 e. The molecule has 0 aromatic carbocycles. The highest BCUT2D eigenvalue weighted by atomic mass is 16.7. The van der Waals surface area contributed by atoms with Crippen molar-refractivity contribution in [2.24, 2.45) is 29.6 Å². The van der Waals surface area contributed by atoms with Gasteiger partial charge in [-0.3, -0.25) is 9.59 Å². The Labute approximate surface area is 195 Å². The van der Waals surface area contributed by atoms with Crippen molar-refractivity contribution in [3.05, 3.63) is 12.2 Å². The maximum Gasteiger partial charge on any atom is 0.311 e. The van der Waals surface area contributed by atoms with Gasteiger partial charge >= 0.3 is 5.97 Å². The standard InChI is InChI=1S/C26H45NO5/c1-10-23-15(2)11-12-22(28)16(3)13-17(4)24(20(7)25(29)31-23)32-26-19(6)21(27(8)9)14-18(5)30-26/h11-12,15-21,23-24,26H,10,13-14H2,1-9H3/b12-11+/t15-,16-,17+,18?,19?,20-,21?,23-,24+,26?/m1/s1. The molecule has 0 amide bonds. The van der Waals surface area contributed by atoms with Gasteiger partial charge < -0.3 is 19.1 Å². The van der Waals surface area contributed by atoms with E-state index in [1.807, 2.05) is 33.8 Å². The van der Waals surface area contributed by atoms with Crippen molar-refractivity contribution in [1.29, 1.82) is 0 Å². The molecule has 0 aliphatic carbocycles. The summed E-state index contributed by atoms with van der Waals surface area (Å²) in [6, 6.07) is 0.337. The summed E-state index contributed by atoms with van der Waals surface area (Å²) >= 11 is 0. The van der Waals surface area contributed by atoms with Crippen molar-refractivity contribution in [2.75, 3.05) is 14.1 Å². The molecule has 2 rings (SSSR count). The third-order valence-electron chi connectivity index (χ3n) is 7.39. The minimum atomic E-state index is -0.456. The van der Waals surface area contributed by atoms with Gasteiger partial charge in [-0.15, -0.1) is 0 Å². The molecule has 0 N–H and O–H groups in total. The third kappa shape index (κ3) is 6.64. The summed E-state index contributed by atoms with van der Waals surface area (Å²) in [6.45, 7) is 14.1. The Hall–Kier alpha value is -1.24. The van der Waals surface area contributed by atoms with Crippen LogP contribution in [0.3, 0.4) is 0 Å². The molecular weight excluding hydrogens is 406 g/mol. The quantitative estimate of drug-likeness (QED) is 0.588. The molecule has 1 saturated heterocycles. The fourth-order valence-corrected chi connectivity index (χ4v) is 5.18. The minimum absolute atomic E-state index is 0.00679. The second-order valence-electron chi connectivity index (χ2n) is 10.4. The van der Waals surface area contributed by atoms with Crippen molar-refractivity contribution in [2.45, 2.75) is 98.4 Å².